The van der Waals surface area contributed by atoms with Crippen LogP contribution in [0.4, 0.5) is 0 Å². The Bertz CT molecular complexity index is 743. The summed E-state index contributed by atoms with van der Waals surface area (Å²) in [5.41, 5.74) is 0.994. The van der Waals surface area contributed by atoms with Gasteiger partial charge in [-0.2, -0.15) is 0 Å². The summed E-state index contributed by atoms with van der Waals surface area (Å²) < 4.78 is 43.3. The van der Waals surface area contributed by atoms with E-state index in [1.54, 1.807) is 0 Å². The van der Waals surface area contributed by atoms with E-state index in [4.69, 9.17) is 5.11 Å². The first-order valence-corrected chi connectivity index (χ1v) is 10.6. The van der Waals surface area contributed by atoms with E-state index in [1.807, 2.05) is 30.3 Å². The SMILES string of the molecule is O=[P+]([O-])O[P+](=O)[O-].O=[P+]([O-])O[P+](=O)[O-].OCc1cccc2ccccc12.[Na+].[Na+].[Na+].[Na+]. The number of hydrogen-bond acceptors (Lipinski definition) is 11. The molecule has 0 aliphatic carbocycles. The van der Waals surface area contributed by atoms with E-state index < -0.39 is 33.0 Å². The number of aliphatic hydroxyl groups is 1. The van der Waals surface area contributed by atoms with E-state index in [0.717, 1.165) is 10.9 Å². The average molecular weight is 534 g/mol. The zero-order valence-electron chi connectivity index (χ0n) is 16.6. The zero-order chi connectivity index (χ0) is 20.1. The summed E-state index contributed by atoms with van der Waals surface area (Å²) in [7, 11) is -12.9. The molecule has 2 aromatic carbocycles. The van der Waals surface area contributed by atoms with Crippen molar-refractivity contribution in [2.45, 2.75) is 6.61 Å². The minimum atomic E-state index is -3.24. The number of fused-ring (bicyclic) bond motifs is 1. The number of hydrogen-bond donors (Lipinski definition) is 1. The first-order valence-electron chi connectivity index (χ1n) is 6.18. The van der Waals surface area contributed by atoms with Gasteiger partial charge in [-0.05, 0) is 34.6 Å². The summed E-state index contributed by atoms with van der Waals surface area (Å²) in [5.74, 6) is 0. The summed E-state index contributed by atoms with van der Waals surface area (Å²) in [4.78, 5) is 37.0. The van der Waals surface area contributed by atoms with Gasteiger partial charge >= 0.3 is 151 Å². The average Bonchev–Trinajstić information content (AvgIpc) is 2.53. The van der Waals surface area contributed by atoms with Crippen molar-refractivity contribution in [2.24, 2.45) is 0 Å². The Hall–Kier alpha value is 2.82. The molecule has 0 bridgehead atoms. The molecule has 0 aliphatic heterocycles. The minimum absolute atomic E-state index is 0. The predicted molar refractivity (Wildman–Crippen MR) is 82.5 cm³/mol. The summed E-state index contributed by atoms with van der Waals surface area (Å²) in [5, 5.41) is 11.4. The van der Waals surface area contributed by atoms with Crippen LogP contribution in [0, 0.1) is 0 Å². The molecule has 0 saturated heterocycles. The quantitative estimate of drug-likeness (QED) is 0.282. The fourth-order valence-electron chi connectivity index (χ4n) is 1.54. The van der Waals surface area contributed by atoms with Gasteiger partial charge in [0.1, 0.15) is 8.62 Å². The van der Waals surface area contributed by atoms with Crippen molar-refractivity contribution in [3.05, 3.63) is 48.0 Å². The third kappa shape index (κ3) is 24.0. The van der Waals surface area contributed by atoms with Crippen LogP contribution in [0.25, 0.3) is 10.8 Å². The van der Waals surface area contributed by atoms with Gasteiger partial charge in [0.05, 0.1) is 6.61 Å². The van der Waals surface area contributed by atoms with Crippen molar-refractivity contribution in [3.63, 3.8) is 0 Å². The topological polar surface area (TPSA) is 199 Å². The Balaban J connectivity index is -0.000000104. The monoisotopic (exact) mass is 534 g/mol. The first kappa shape index (κ1) is 42.9. The van der Waals surface area contributed by atoms with E-state index in [2.05, 4.69) is 20.8 Å². The predicted octanol–water partition coefficient (Wildman–Crippen LogP) is -11.6. The van der Waals surface area contributed by atoms with Gasteiger partial charge in [-0.3, -0.25) is 0 Å². The Morgan fingerprint density at radius 2 is 1.03 bits per heavy atom. The molecule has 0 spiro atoms. The Labute approximate surface area is 264 Å². The molecule has 140 valence electrons. The summed E-state index contributed by atoms with van der Waals surface area (Å²) in [6.07, 6.45) is 0. The van der Waals surface area contributed by atoms with E-state index in [1.165, 1.54) is 5.39 Å². The van der Waals surface area contributed by atoms with Gasteiger partial charge < -0.3 is 24.7 Å². The molecule has 11 nitrogen and oxygen atoms in total. The number of benzene rings is 2. The zero-order valence-corrected chi connectivity index (χ0v) is 28.1. The number of aliphatic hydroxyl groups excluding tert-OH is 1. The van der Waals surface area contributed by atoms with Gasteiger partial charge in [-0.1, -0.05) is 42.5 Å². The van der Waals surface area contributed by atoms with Crippen LogP contribution in [0.15, 0.2) is 42.5 Å². The fourth-order valence-corrected chi connectivity index (χ4v) is 2.41. The third-order valence-electron chi connectivity index (χ3n) is 2.32. The molecule has 2 aromatic rings. The summed E-state index contributed by atoms with van der Waals surface area (Å²) in [6.45, 7) is 0.112. The van der Waals surface area contributed by atoms with Gasteiger partial charge in [0.25, 0.3) is 0 Å². The van der Waals surface area contributed by atoms with Gasteiger partial charge in [-0.25, -0.2) is 0 Å². The van der Waals surface area contributed by atoms with Crippen molar-refractivity contribution < 1.29 is 170 Å². The Kier molecular flexibility index (Phi) is 37.8. The van der Waals surface area contributed by atoms with Crippen molar-refractivity contribution in [1.82, 2.24) is 0 Å². The maximum absolute atomic E-state index is 9.24. The van der Waals surface area contributed by atoms with E-state index in [0.29, 0.717) is 0 Å². The van der Waals surface area contributed by atoms with Crippen LogP contribution in [0.5, 0.6) is 0 Å². The molecule has 0 radical (unpaired) electrons. The van der Waals surface area contributed by atoms with Crippen molar-refractivity contribution in [3.8, 4) is 0 Å². The molecule has 0 saturated carbocycles. The molecule has 0 aromatic heterocycles. The van der Waals surface area contributed by atoms with E-state index in [-0.39, 0.29) is 125 Å². The second-order valence-electron chi connectivity index (χ2n) is 3.85. The van der Waals surface area contributed by atoms with Crippen molar-refractivity contribution in [2.75, 3.05) is 0 Å². The molecular weight excluding hydrogens is 524 g/mol. The summed E-state index contributed by atoms with van der Waals surface area (Å²) >= 11 is 0. The molecule has 4 unspecified atom stereocenters. The van der Waals surface area contributed by atoms with Gasteiger partial charge in [0, 0.05) is 0 Å². The molecule has 1 N–H and O–H groups in total. The molecule has 0 fully saturated rings. The van der Waals surface area contributed by atoms with Crippen LogP contribution in [-0.4, -0.2) is 5.11 Å². The second-order valence-corrected chi connectivity index (χ2v) is 6.95. The molecule has 0 aliphatic rings. The summed E-state index contributed by atoms with van der Waals surface area (Å²) in [6, 6.07) is 14.0. The van der Waals surface area contributed by atoms with Crippen LogP contribution in [0.2, 0.25) is 0 Å². The fraction of sp³-hybridized carbons (Fsp3) is 0.0909. The van der Waals surface area contributed by atoms with Crippen LogP contribution in [-0.2, 0) is 33.5 Å². The van der Waals surface area contributed by atoms with Crippen molar-refractivity contribution >= 4 is 43.8 Å². The standard InChI is InChI=1S/C11H10O.4Na.2O5P2/c12-8-10-6-3-5-9-4-1-2-7-11(9)10;;;;;2*1-6(2)5-7(3)4/h1-7,12H,8H2;;;;;;/q;4*+1;;. The van der Waals surface area contributed by atoms with Gasteiger partial charge in [-0.15, -0.1) is 0 Å². The van der Waals surface area contributed by atoms with Crippen LogP contribution >= 0.6 is 33.0 Å². The van der Waals surface area contributed by atoms with Crippen LogP contribution in [0.1, 0.15) is 5.56 Å². The molecule has 30 heavy (non-hydrogen) atoms. The molecule has 19 heteroatoms. The van der Waals surface area contributed by atoms with Gasteiger partial charge in [0.2, 0.25) is 0 Å². The first-order chi connectivity index (χ1) is 12.2. The van der Waals surface area contributed by atoms with E-state index in [9.17, 15) is 37.8 Å². The maximum Gasteiger partial charge on any atom is 1.00 e. The smallest absolute Gasteiger partial charge is 0.563 e. The Morgan fingerprint density at radius 1 is 0.667 bits per heavy atom. The molecule has 4 atom stereocenters. The van der Waals surface area contributed by atoms with Crippen LogP contribution in [0.3, 0.4) is 0 Å². The second kappa shape index (κ2) is 26.4. The Morgan fingerprint density at radius 3 is 1.37 bits per heavy atom. The van der Waals surface area contributed by atoms with Crippen LogP contribution < -0.4 is 138 Å². The molecule has 0 amide bonds. The number of rotatable bonds is 5. The van der Waals surface area contributed by atoms with Gasteiger partial charge in [0.15, 0.2) is 0 Å². The molecular formula is C11H10Na4O11P4+4. The normalized spacial score (nSPS) is 10.4. The van der Waals surface area contributed by atoms with E-state index >= 15 is 0 Å². The minimum Gasteiger partial charge on any atom is -0.563 e. The molecule has 2 rings (SSSR count). The largest absolute Gasteiger partial charge is 1.00 e. The van der Waals surface area contributed by atoms with Crippen molar-refractivity contribution in [1.29, 1.82) is 0 Å². The maximum atomic E-state index is 9.24. The third-order valence-corrected chi connectivity index (χ3v) is 4.45. The molecule has 0 heterocycles.